The van der Waals surface area contributed by atoms with Gasteiger partial charge in [0.05, 0.1) is 10.6 Å². The summed E-state index contributed by atoms with van der Waals surface area (Å²) in [5.41, 5.74) is 3.74. The molecule has 3 aromatic rings. The van der Waals surface area contributed by atoms with Crippen molar-refractivity contribution in [3.05, 3.63) is 84.5 Å². The Labute approximate surface area is 194 Å². The topological polar surface area (TPSA) is 73.1 Å². The molecule has 0 spiro atoms. The highest BCUT2D eigenvalue weighted by molar-refractivity contribution is 7.07. The summed E-state index contributed by atoms with van der Waals surface area (Å²) in [7, 11) is 3.94. The highest BCUT2D eigenvalue weighted by atomic mass is 32.1. The maximum atomic E-state index is 13.6. The van der Waals surface area contributed by atoms with Crippen molar-refractivity contribution in [2.24, 2.45) is 4.99 Å². The van der Waals surface area contributed by atoms with E-state index in [2.05, 4.69) is 4.99 Å². The number of ketones is 1. The van der Waals surface area contributed by atoms with E-state index in [-0.39, 0.29) is 18.1 Å². The number of benzene rings is 2. The number of allylic oxidation sites excluding steroid dienone is 2. The molecule has 0 amide bonds. The van der Waals surface area contributed by atoms with E-state index in [9.17, 15) is 9.59 Å². The summed E-state index contributed by atoms with van der Waals surface area (Å²) in [5, 5.41) is 0. The van der Waals surface area contributed by atoms with Gasteiger partial charge in [-0.3, -0.25) is 14.2 Å². The number of ether oxygens (including phenoxy) is 2. The lowest BCUT2D eigenvalue weighted by Gasteiger charge is -2.25. The van der Waals surface area contributed by atoms with Crippen LogP contribution in [0, 0.1) is 0 Å². The van der Waals surface area contributed by atoms with Crippen molar-refractivity contribution in [2.45, 2.75) is 19.9 Å². The van der Waals surface area contributed by atoms with Gasteiger partial charge in [-0.05, 0) is 55.3 Å². The number of aromatic nitrogens is 1. The third kappa shape index (κ3) is 3.66. The Morgan fingerprint density at radius 3 is 2.58 bits per heavy atom. The number of rotatable bonds is 4. The monoisotopic (exact) mass is 461 g/mol. The number of thiazole rings is 1. The van der Waals surface area contributed by atoms with Gasteiger partial charge < -0.3 is 14.4 Å². The molecule has 2 aromatic carbocycles. The van der Waals surface area contributed by atoms with E-state index in [1.54, 1.807) is 4.57 Å². The van der Waals surface area contributed by atoms with Crippen molar-refractivity contribution in [3.8, 4) is 11.5 Å². The molecule has 5 rings (SSSR count). The van der Waals surface area contributed by atoms with Crippen molar-refractivity contribution >= 4 is 28.9 Å². The van der Waals surface area contributed by atoms with Crippen LogP contribution in [-0.4, -0.2) is 31.2 Å². The van der Waals surface area contributed by atoms with Crippen LogP contribution in [-0.2, 0) is 4.79 Å². The fourth-order valence-electron chi connectivity index (χ4n) is 4.20. The third-order valence-corrected chi connectivity index (χ3v) is 6.80. The molecule has 0 unspecified atom stereocenters. The predicted octanol–water partition coefficient (Wildman–Crippen LogP) is 2.62. The second-order valence-corrected chi connectivity index (χ2v) is 9.25. The molecule has 1 aromatic heterocycles. The molecule has 0 aliphatic carbocycles. The molecule has 0 saturated carbocycles. The van der Waals surface area contributed by atoms with Gasteiger partial charge >= 0.3 is 0 Å². The van der Waals surface area contributed by atoms with E-state index in [1.165, 1.54) is 18.3 Å². The number of hydrogen-bond acceptors (Lipinski definition) is 7. The molecule has 0 radical (unpaired) electrons. The Morgan fingerprint density at radius 1 is 1.15 bits per heavy atom. The zero-order chi connectivity index (χ0) is 23.3. The summed E-state index contributed by atoms with van der Waals surface area (Å²) in [4.78, 5) is 33.4. The van der Waals surface area contributed by atoms with Gasteiger partial charge in [0.25, 0.3) is 5.56 Å². The van der Waals surface area contributed by atoms with Gasteiger partial charge in [-0.25, -0.2) is 4.99 Å². The van der Waals surface area contributed by atoms with Gasteiger partial charge in [0.15, 0.2) is 22.1 Å². The van der Waals surface area contributed by atoms with E-state index in [4.69, 9.17) is 9.47 Å². The van der Waals surface area contributed by atoms with Gasteiger partial charge in [0.2, 0.25) is 6.79 Å². The predicted molar refractivity (Wildman–Crippen MR) is 128 cm³/mol. The molecule has 0 saturated heterocycles. The minimum atomic E-state index is -0.520. The largest absolute Gasteiger partial charge is 0.454 e. The van der Waals surface area contributed by atoms with Crippen LogP contribution in [0.5, 0.6) is 11.5 Å². The molecule has 7 nitrogen and oxygen atoms in total. The van der Waals surface area contributed by atoms with Crippen LogP contribution in [0.4, 0.5) is 5.69 Å². The lowest BCUT2D eigenvalue weighted by Crippen LogP contribution is -2.39. The molecular weight excluding hydrogens is 438 g/mol. The van der Waals surface area contributed by atoms with E-state index in [0.29, 0.717) is 32.1 Å². The van der Waals surface area contributed by atoms with E-state index >= 15 is 0 Å². The van der Waals surface area contributed by atoms with Crippen molar-refractivity contribution in [1.29, 1.82) is 0 Å². The summed E-state index contributed by atoms with van der Waals surface area (Å²) in [5.74, 6) is 1.25. The Kier molecular flexibility index (Phi) is 5.17. The minimum Gasteiger partial charge on any atom is -0.454 e. The fraction of sp³-hybridized carbons (Fsp3) is 0.240. The van der Waals surface area contributed by atoms with Crippen LogP contribution >= 0.6 is 11.3 Å². The Hall–Kier alpha value is -3.65. The first kappa shape index (κ1) is 21.2. The summed E-state index contributed by atoms with van der Waals surface area (Å²) in [6, 6.07) is 13.0. The van der Waals surface area contributed by atoms with Gasteiger partial charge in [-0.2, -0.15) is 0 Å². The Bertz CT molecular complexity index is 1480. The van der Waals surface area contributed by atoms with Gasteiger partial charge in [0, 0.05) is 31.1 Å². The maximum Gasteiger partial charge on any atom is 0.271 e. The van der Waals surface area contributed by atoms with Gasteiger partial charge in [-0.1, -0.05) is 29.5 Å². The molecule has 3 heterocycles. The standard InChI is InChI=1S/C25H23N3O4S/c1-14-22(15(2)29)23(17-6-8-18(9-7-17)27(3)4)28-24(30)21(33-25(28)26-14)12-16-5-10-19-20(11-16)32-13-31-19/h5-12,23H,13H2,1-4H3/b21-12+/t23-/m1/s1. The highest BCUT2D eigenvalue weighted by Gasteiger charge is 2.30. The van der Waals surface area contributed by atoms with Crippen LogP contribution in [0.3, 0.4) is 0 Å². The second-order valence-electron chi connectivity index (χ2n) is 8.24. The van der Waals surface area contributed by atoms with Crippen molar-refractivity contribution in [1.82, 2.24) is 4.57 Å². The minimum absolute atomic E-state index is 0.0945. The van der Waals surface area contributed by atoms with E-state index < -0.39 is 6.04 Å². The third-order valence-electron chi connectivity index (χ3n) is 5.82. The fourth-order valence-corrected chi connectivity index (χ4v) is 5.24. The number of fused-ring (bicyclic) bond motifs is 2. The normalized spacial score (nSPS) is 17.1. The molecule has 33 heavy (non-hydrogen) atoms. The molecule has 0 N–H and O–H groups in total. The number of carbonyl (C=O) groups excluding carboxylic acids is 1. The van der Waals surface area contributed by atoms with E-state index in [0.717, 1.165) is 16.8 Å². The summed E-state index contributed by atoms with van der Waals surface area (Å²) < 4.78 is 13.0. The molecule has 8 heteroatoms. The molecule has 1 atom stereocenters. The Morgan fingerprint density at radius 2 is 1.88 bits per heavy atom. The summed E-state index contributed by atoms with van der Waals surface area (Å²) in [6.07, 6.45) is 1.82. The number of anilines is 1. The molecule has 2 aliphatic rings. The number of carbonyl (C=O) groups is 1. The summed E-state index contributed by atoms with van der Waals surface area (Å²) >= 11 is 1.32. The average Bonchev–Trinajstić information content (AvgIpc) is 3.36. The molecule has 0 bridgehead atoms. The number of hydrogen-bond donors (Lipinski definition) is 0. The second kappa shape index (κ2) is 8.04. The quantitative estimate of drug-likeness (QED) is 0.597. The average molecular weight is 462 g/mol. The van der Waals surface area contributed by atoms with Crippen LogP contribution in [0.2, 0.25) is 0 Å². The van der Waals surface area contributed by atoms with Crippen molar-refractivity contribution in [3.63, 3.8) is 0 Å². The van der Waals surface area contributed by atoms with Crippen LogP contribution in [0.15, 0.2) is 63.5 Å². The van der Waals surface area contributed by atoms with Crippen molar-refractivity contribution < 1.29 is 14.3 Å². The lowest BCUT2D eigenvalue weighted by atomic mass is 9.93. The first-order chi connectivity index (χ1) is 15.8. The van der Waals surface area contributed by atoms with Crippen LogP contribution in [0.25, 0.3) is 6.08 Å². The highest BCUT2D eigenvalue weighted by Crippen LogP contribution is 2.33. The molecule has 168 valence electrons. The van der Waals surface area contributed by atoms with Crippen LogP contribution in [0.1, 0.15) is 31.0 Å². The smallest absolute Gasteiger partial charge is 0.271 e. The summed E-state index contributed by atoms with van der Waals surface area (Å²) in [6.45, 7) is 3.55. The number of nitrogens with zero attached hydrogens (tertiary/aromatic N) is 3. The molecule has 0 fully saturated rings. The lowest BCUT2D eigenvalue weighted by molar-refractivity contribution is -0.114. The SMILES string of the molecule is CC(=O)C1=C(C)N=c2s/c(=C/c3ccc4c(c3)OCO4)c(=O)n2[C@@H]1c1ccc(N(C)C)cc1. The first-order valence-corrected chi connectivity index (χ1v) is 11.4. The molecular formula is C25H23N3O4S. The van der Waals surface area contributed by atoms with Crippen LogP contribution < -0.4 is 29.3 Å². The molecule has 2 aliphatic heterocycles. The van der Waals surface area contributed by atoms with Crippen molar-refractivity contribution in [2.75, 3.05) is 25.8 Å². The van der Waals surface area contributed by atoms with Gasteiger partial charge in [-0.15, -0.1) is 0 Å². The van der Waals surface area contributed by atoms with Gasteiger partial charge in [0.1, 0.15) is 0 Å². The maximum absolute atomic E-state index is 13.6. The zero-order valence-electron chi connectivity index (χ0n) is 18.8. The van der Waals surface area contributed by atoms with E-state index in [1.807, 2.05) is 74.5 Å². The Balaban J connectivity index is 1.68. The number of Topliss-reactive ketones (excluding diaryl/α,β-unsaturated/α-hetero) is 1. The first-order valence-electron chi connectivity index (χ1n) is 10.5. The zero-order valence-corrected chi connectivity index (χ0v) is 19.6.